The number of amides is 2. The van der Waals surface area contributed by atoms with Gasteiger partial charge in [-0.05, 0) is 49.9 Å². The topological polar surface area (TPSA) is 67.2 Å². The van der Waals surface area contributed by atoms with Crippen molar-refractivity contribution in [1.82, 2.24) is 15.1 Å². The molecule has 2 amide bonds. The fraction of sp³-hybridized carbons (Fsp3) is 0.258. The summed E-state index contributed by atoms with van der Waals surface area (Å²) in [5.41, 5.74) is 7.06. The lowest BCUT2D eigenvalue weighted by Crippen LogP contribution is -2.43. The maximum Gasteiger partial charge on any atom is 0.240 e. The van der Waals surface area contributed by atoms with Crippen LogP contribution in [0.2, 0.25) is 0 Å². The van der Waals surface area contributed by atoms with E-state index in [2.05, 4.69) is 36.5 Å². The average Bonchev–Trinajstić information content (AvgIpc) is 3.68. The Morgan fingerprint density at radius 3 is 2.39 bits per heavy atom. The highest BCUT2D eigenvalue weighted by Crippen LogP contribution is 2.49. The highest BCUT2D eigenvalue weighted by Gasteiger charge is 2.38. The minimum absolute atomic E-state index is 0.0326. The van der Waals surface area contributed by atoms with E-state index >= 15 is 0 Å². The van der Waals surface area contributed by atoms with E-state index in [1.54, 1.807) is 16.7 Å². The van der Waals surface area contributed by atoms with Crippen LogP contribution in [-0.2, 0) is 9.59 Å². The van der Waals surface area contributed by atoms with Gasteiger partial charge in [0.15, 0.2) is 0 Å². The van der Waals surface area contributed by atoms with Gasteiger partial charge in [-0.25, -0.2) is 4.68 Å². The van der Waals surface area contributed by atoms with Gasteiger partial charge in [0.1, 0.15) is 12.4 Å². The number of hydrogen-bond donors (Lipinski definition) is 1. The van der Waals surface area contributed by atoms with Gasteiger partial charge in [0.2, 0.25) is 11.8 Å². The average molecular weight is 523 g/mol. The Labute approximate surface area is 227 Å². The van der Waals surface area contributed by atoms with Crippen LogP contribution in [0.4, 0.5) is 5.82 Å². The second-order valence-corrected chi connectivity index (χ2v) is 11.2. The van der Waals surface area contributed by atoms with Crippen molar-refractivity contribution < 1.29 is 9.59 Å². The number of anilines is 1. The van der Waals surface area contributed by atoms with Gasteiger partial charge in [0.05, 0.1) is 22.4 Å². The lowest BCUT2D eigenvalue weighted by Gasteiger charge is -2.23. The molecule has 0 radical (unpaired) electrons. The van der Waals surface area contributed by atoms with Gasteiger partial charge in [-0.15, -0.1) is 11.8 Å². The lowest BCUT2D eigenvalue weighted by molar-refractivity contribution is -0.123. The Balaban J connectivity index is 1.61. The van der Waals surface area contributed by atoms with Crippen LogP contribution < -0.4 is 10.2 Å². The molecule has 38 heavy (non-hydrogen) atoms. The smallest absolute Gasteiger partial charge is 0.240 e. The molecule has 3 aromatic carbocycles. The first-order valence-electron chi connectivity index (χ1n) is 13.0. The van der Waals surface area contributed by atoms with Gasteiger partial charge in [-0.1, -0.05) is 72.3 Å². The first-order valence-corrected chi connectivity index (χ1v) is 14.1. The summed E-state index contributed by atoms with van der Waals surface area (Å²) in [5, 5.41) is 8.09. The third-order valence-corrected chi connectivity index (χ3v) is 8.37. The number of aryl methyl sites for hydroxylation is 2. The Hall–Kier alpha value is -3.84. The number of aromatic nitrogens is 2. The number of nitrogens with zero attached hydrogens (tertiary/aromatic N) is 3. The van der Waals surface area contributed by atoms with Crippen LogP contribution in [0.5, 0.6) is 0 Å². The number of carbonyl (C=O) groups is 2. The van der Waals surface area contributed by atoms with E-state index in [9.17, 15) is 9.59 Å². The Morgan fingerprint density at radius 2 is 1.68 bits per heavy atom. The summed E-state index contributed by atoms with van der Waals surface area (Å²) in [6.45, 7) is 4.12. The van der Waals surface area contributed by atoms with Crippen LogP contribution in [0.15, 0.2) is 78.9 Å². The van der Waals surface area contributed by atoms with E-state index in [1.807, 2.05) is 66.2 Å². The molecule has 0 spiro atoms. The highest BCUT2D eigenvalue weighted by atomic mass is 32.2. The van der Waals surface area contributed by atoms with Crippen LogP contribution >= 0.6 is 11.8 Å². The van der Waals surface area contributed by atoms with Crippen molar-refractivity contribution in [2.45, 2.75) is 38.0 Å². The fourth-order valence-corrected chi connectivity index (χ4v) is 6.26. The monoisotopic (exact) mass is 522 g/mol. The predicted octanol–water partition coefficient (Wildman–Crippen LogP) is 5.60. The molecule has 0 unspecified atom stereocenters. The maximum absolute atomic E-state index is 13.7. The van der Waals surface area contributed by atoms with Gasteiger partial charge in [0.25, 0.3) is 0 Å². The Bertz CT molecular complexity index is 1490. The minimum Gasteiger partial charge on any atom is -0.352 e. The number of nitrogens with one attached hydrogen (secondary N) is 1. The molecular weight excluding hydrogens is 492 g/mol. The quantitative estimate of drug-likeness (QED) is 0.358. The van der Waals surface area contributed by atoms with E-state index in [-0.39, 0.29) is 35.4 Å². The zero-order valence-corrected chi connectivity index (χ0v) is 22.4. The SMILES string of the molecule is Cc1ccc(-n2nc(-c3ccccc3)c3c2N(CC(=O)NC2CC2)C(=O)CS[C@@H]3c2ccccc2C)cc1. The normalized spacial score (nSPS) is 17.2. The summed E-state index contributed by atoms with van der Waals surface area (Å²) in [6.07, 6.45) is 1.99. The van der Waals surface area contributed by atoms with E-state index in [1.165, 1.54) is 0 Å². The molecule has 1 aliphatic carbocycles. The van der Waals surface area contributed by atoms with Crippen molar-refractivity contribution in [3.63, 3.8) is 0 Å². The van der Waals surface area contributed by atoms with Crippen molar-refractivity contribution in [3.05, 3.63) is 101 Å². The fourth-order valence-electron chi connectivity index (χ4n) is 4.97. The molecule has 2 heterocycles. The van der Waals surface area contributed by atoms with Crippen LogP contribution in [0.25, 0.3) is 16.9 Å². The van der Waals surface area contributed by atoms with Crippen LogP contribution in [0.1, 0.15) is 40.3 Å². The first kappa shape index (κ1) is 24.5. The molecule has 1 N–H and O–H groups in total. The van der Waals surface area contributed by atoms with Crippen LogP contribution in [0, 0.1) is 13.8 Å². The minimum atomic E-state index is -0.135. The van der Waals surface area contributed by atoms with Gasteiger partial charge in [-0.2, -0.15) is 5.10 Å². The largest absolute Gasteiger partial charge is 0.352 e. The summed E-state index contributed by atoms with van der Waals surface area (Å²) in [4.78, 5) is 28.5. The Kier molecular flexibility index (Phi) is 6.54. The first-order chi connectivity index (χ1) is 18.5. The van der Waals surface area contributed by atoms with Crippen molar-refractivity contribution in [1.29, 1.82) is 0 Å². The summed E-state index contributed by atoms with van der Waals surface area (Å²) in [6, 6.07) is 26.8. The molecule has 192 valence electrons. The number of rotatable bonds is 6. The predicted molar refractivity (Wildman–Crippen MR) is 153 cm³/mol. The van der Waals surface area contributed by atoms with Gasteiger partial charge < -0.3 is 5.32 Å². The second kappa shape index (κ2) is 10.1. The molecule has 1 aliphatic heterocycles. The lowest BCUT2D eigenvalue weighted by atomic mass is 9.97. The highest BCUT2D eigenvalue weighted by molar-refractivity contribution is 8.00. The van der Waals surface area contributed by atoms with Crippen molar-refractivity contribution >= 4 is 29.4 Å². The number of thioether (sulfide) groups is 1. The molecule has 6 rings (SSSR count). The second-order valence-electron chi connectivity index (χ2n) is 10.1. The van der Waals surface area contributed by atoms with Crippen molar-refractivity contribution in [2.75, 3.05) is 17.2 Å². The van der Waals surface area contributed by atoms with Crippen molar-refractivity contribution in [2.24, 2.45) is 0 Å². The van der Waals surface area contributed by atoms with Crippen molar-refractivity contribution in [3.8, 4) is 16.9 Å². The van der Waals surface area contributed by atoms with Gasteiger partial charge in [0, 0.05) is 17.2 Å². The molecule has 1 aromatic heterocycles. The zero-order chi connectivity index (χ0) is 26.2. The van der Waals surface area contributed by atoms with E-state index < -0.39 is 0 Å². The summed E-state index contributed by atoms with van der Waals surface area (Å²) >= 11 is 1.60. The Morgan fingerprint density at radius 1 is 0.974 bits per heavy atom. The number of hydrogen-bond acceptors (Lipinski definition) is 4. The molecule has 7 heteroatoms. The molecule has 1 atom stereocenters. The molecule has 4 aromatic rings. The molecule has 1 saturated carbocycles. The molecule has 1 fully saturated rings. The molecular formula is C31H30N4O2S. The summed E-state index contributed by atoms with van der Waals surface area (Å²) in [5.74, 6) is 0.712. The molecule has 0 saturated heterocycles. The summed E-state index contributed by atoms with van der Waals surface area (Å²) < 4.78 is 1.86. The third kappa shape index (κ3) is 4.74. The number of fused-ring (bicyclic) bond motifs is 1. The maximum atomic E-state index is 13.7. The van der Waals surface area contributed by atoms with Crippen LogP contribution in [0.3, 0.4) is 0 Å². The third-order valence-electron chi connectivity index (χ3n) is 7.13. The molecule has 2 aliphatic rings. The summed E-state index contributed by atoms with van der Waals surface area (Å²) in [7, 11) is 0. The zero-order valence-electron chi connectivity index (χ0n) is 21.6. The van der Waals surface area contributed by atoms with E-state index in [0.717, 1.165) is 52.0 Å². The molecule has 0 bridgehead atoms. The van der Waals surface area contributed by atoms with Gasteiger partial charge in [-0.3, -0.25) is 14.5 Å². The van der Waals surface area contributed by atoms with E-state index in [0.29, 0.717) is 5.82 Å². The van der Waals surface area contributed by atoms with E-state index in [4.69, 9.17) is 5.10 Å². The standard InChI is InChI=1S/C31H30N4O2S/c1-20-12-16-24(17-13-20)35-31-28(29(33-35)22-9-4-3-5-10-22)30(25-11-7-6-8-21(25)2)38-19-27(37)34(31)18-26(36)32-23-14-15-23/h3-13,16-17,23,30H,14-15,18-19H2,1-2H3,(H,32,36)/t30-/m1/s1. The number of carbonyl (C=O) groups excluding carboxylic acids is 2. The van der Waals surface area contributed by atoms with Crippen LogP contribution in [-0.4, -0.2) is 39.9 Å². The number of benzene rings is 3. The van der Waals surface area contributed by atoms with Gasteiger partial charge >= 0.3 is 0 Å². The molecule has 6 nitrogen and oxygen atoms in total.